The lowest BCUT2D eigenvalue weighted by Crippen LogP contribution is -2.14. The number of benzene rings is 1. The van der Waals surface area contributed by atoms with Crippen molar-refractivity contribution in [2.45, 2.75) is 13.8 Å². The minimum Gasteiger partial charge on any atom is -0.441 e. The SMILES string of the molecule is Cc1cnc(C(=O)Nc2ccc3oc(C)nc3c2)cn1. The molecule has 2 heterocycles. The molecule has 6 heteroatoms. The highest BCUT2D eigenvalue weighted by Gasteiger charge is 2.09. The van der Waals surface area contributed by atoms with Crippen molar-refractivity contribution in [3.05, 3.63) is 47.9 Å². The van der Waals surface area contributed by atoms with Crippen LogP contribution in [0.2, 0.25) is 0 Å². The summed E-state index contributed by atoms with van der Waals surface area (Å²) < 4.78 is 5.38. The topological polar surface area (TPSA) is 80.9 Å². The molecule has 2 aromatic heterocycles. The maximum atomic E-state index is 12.0. The molecule has 1 aromatic carbocycles. The van der Waals surface area contributed by atoms with Gasteiger partial charge >= 0.3 is 0 Å². The van der Waals surface area contributed by atoms with Gasteiger partial charge in [0.1, 0.15) is 11.2 Å². The molecule has 3 aromatic rings. The van der Waals surface area contributed by atoms with E-state index in [4.69, 9.17) is 4.42 Å². The van der Waals surface area contributed by atoms with Gasteiger partial charge in [-0.15, -0.1) is 0 Å². The van der Waals surface area contributed by atoms with E-state index in [2.05, 4.69) is 20.3 Å². The van der Waals surface area contributed by atoms with Crippen molar-refractivity contribution in [1.82, 2.24) is 15.0 Å². The Hall–Kier alpha value is -2.76. The number of rotatable bonds is 2. The van der Waals surface area contributed by atoms with Crippen LogP contribution in [0.25, 0.3) is 11.1 Å². The van der Waals surface area contributed by atoms with Crippen LogP contribution in [-0.2, 0) is 0 Å². The van der Waals surface area contributed by atoms with Gasteiger partial charge in [0.2, 0.25) is 0 Å². The predicted octanol–water partition coefficient (Wildman–Crippen LogP) is 2.49. The van der Waals surface area contributed by atoms with Crippen molar-refractivity contribution >= 4 is 22.7 Å². The third-order valence-electron chi connectivity index (χ3n) is 2.77. The number of hydrogen-bond donors (Lipinski definition) is 1. The van der Waals surface area contributed by atoms with Gasteiger partial charge in [0, 0.05) is 18.8 Å². The van der Waals surface area contributed by atoms with E-state index in [1.165, 1.54) is 6.20 Å². The Kier molecular flexibility index (Phi) is 2.90. The summed E-state index contributed by atoms with van der Waals surface area (Å²) in [7, 11) is 0. The fourth-order valence-electron chi connectivity index (χ4n) is 1.83. The molecule has 1 amide bonds. The Morgan fingerprint density at radius 3 is 2.80 bits per heavy atom. The number of amides is 1. The number of anilines is 1. The zero-order chi connectivity index (χ0) is 14.1. The first kappa shape index (κ1) is 12.3. The average molecular weight is 268 g/mol. The first-order chi connectivity index (χ1) is 9.61. The molecule has 0 fully saturated rings. The van der Waals surface area contributed by atoms with Crippen LogP contribution in [0.15, 0.2) is 35.0 Å². The molecular weight excluding hydrogens is 256 g/mol. The first-order valence-corrected chi connectivity index (χ1v) is 6.09. The molecule has 0 saturated carbocycles. The van der Waals surface area contributed by atoms with E-state index >= 15 is 0 Å². The summed E-state index contributed by atoms with van der Waals surface area (Å²) in [5.74, 6) is 0.282. The lowest BCUT2D eigenvalue weighted by Gasteiger charge is -2.04. The summed E-state index contributed by atoms with van der Waals surface area (Å²) in [6.07, 6.45) is 3.00. The van der Waals surface area contributed by atoms with Crippen LogP contribution in [0.1, 0.15) is 22.1 Å². The smallest absolute Gasteiger partial charge is 0.275 e. The Labute approximate surface area is 114 Å². The van der Waals surface area contributed by atoms with Gasteiger partial charge < -0.3 is 9.73 Å². The van der Waals surface area contributed by atoms with Gasteiger partial charge in [-0.25, -0.2) is 9.97 Å². The maximum Gasteiger partial charge on any atom is 0.275 e. The minimum absolute atomic E-state index is 0.270. The summed E-state index contributed by atoms with van der Waals surface area (Å²) >= 11 is 0. The summed E-state index contributed by atoms with van der Waals surface area (Å²) in [5.41, 5.74) is 3.07. The van der Waals surface area contributed by atoms with Crippen LogP contribution in [0.3, 0.4) is 0 Å². The molecule has 20 heavy (non-hydrogen) atoms. The largest absolute Gasteiger partial charge is 0.441 e. The zero-order valence-corrected chi connectivity index (χ0v) is 11.0. The number of fused-ring (bicyclic) bond motifs is 1. The Morgan fingerprint density at radius 2 is 2.05 bits per heavy atom. The van der Waals surface area contributed by atoms with E-state index in [1.54, 1.807) is 31.3 Å². The van der Waals surface area contributed by atoms with E-state index in [0.717, 1.165) is 5.69 Å². The second-order valence-corrected chi connectivity index (χ2v) is 4.41. The normalized spacial score (nSPS) is 10.7. The van der Waals surface area contributed by atoms with Crippen LogP contribution in [-0.4, -0.2) is 20.9 Å². The lowest BCUT2D eigenvalue weighted by molar-refractivity contribution is 0.102. The number of aryl methyl sites for hydroxylation is 2. The molecular formula is C14H12N4O2. The van der Waals surface area contributed by atoms with Crippen molar-refractivity contribution in [2.24, 2.45) is 0 Å². The number of nitrogens with zero attached hydrogens (tertiary/aromatic N) is 3. The number of nitrogens with one attached hydrogen (secondary N) is 1. The molecule has 100 valence electrons. The molecule has 0 spiro atoms. The van der Waals surface area contributed by atoms with Crippen molar-refractivity contribution in [3.8, 4) is 0 Å². The second-order valence-electron chi connectivity index (χ2n) is 4.41. The fraction of sp³-hybridized carbons (Fsp3) is 0.143. The molecule has 0 aliphatic heterocycles. The van der Waals surface area contributed by atoms with Crippen LogP contribution in [0.4, 0.5) is 5.69 Å². The molecule has 6 nitrogen and oxygen atoms in total. The van der Waals surface area contributed by atoms with Crippen LogP contribution < -0.4 is 5.32 Å². The van der Waals surface area contributed by atoms with Crippen LogP contribution >= 0.6 is 0 Å². The standard InChI is InChI=1S/C14H12N4O2/c1-8-6-16-12(7-15-8)14(19)18-10-3-4-13-11(5-10)17-9(2)20-13/h3-7H,1-2H3,(H,18,19). The molecule has 0 radical (unpaired) electrons. The molecule has 3 rings (SSSR count). The highest BCUT2D eigenvalue weighted by molar-refractivity contribution is 6.03. The quantitative estimate of drug-likeness (QED) is 0.772. The second kappa shape index (κ2) is 4.73. The number of oxazole rings is 1. The average Bonchev–Trinajstić information content (AvgIpc) is 2.78. The predicted molar refractivity (Wildman–Crippen MR) is 73.5 cm³/mol. The lowest BCUT2D eigenvalue weighted by atomic mass is 10.2. The fourth-order valence-corrected chi connectivity index (χ4v) is 1.83. The van der Waals surface area contributed by atoms with Crippen molar-refractivity contribution in [3.63, 3.8) is 0 Å². The van der Waals surface area contributed by atoms with E-state index in [1.807, 2.05) is 6.92 Å². The molecule has 0 unspecified atom stereocenters. The van der Waals surface area contributed by atoms with E-state index in [0.29, 0.717) is 22.7 Å². The summed E-state index contributed by atoms with van der Waals surface area (Å²) in [6.45, 7) is 3.59. The van der Waals surface area contributed by atoms with E-state index in [9.17, 15) is 4.79 Å². The highest BCUT2D eigenvalue weighted by atomic mass is 16.3. The zero-order valence-electron chi connectivity index (χ0n) is 11.0. The molecule has 0 bridgehead atoms. The Balaban J connectivity index is 1.84. The van der Waals surface area contributed by atoms with Gasteiger partial charge in [-0.2, -0.15) is 0 Å². The van der Waals surface area contributed by atoms with Crippen LogP contribution in [0, 0.1) is 13.8 Å². The number of aromatic nitrogens is 3. The van der Waals surface area contributed by atoms with Crippen molar-refractivity contribution in [1.29, 1.82) is 0 Å². The van der Waals surface area contributed by atoms with Crippen molar-refractivity contribution < 1.29 is 9.21 Å². The minimum atomic E-state index is -0.308. The number of hydrogen-bond acceptors (Lipinski definition) is 5. The van der Waals surface area contributed by atoms with Crippen molar-refractivity contribution in [2.75, 3.05) is 5.32 Å². The molecule has 0 atom stereocenters. The van der Waals surface area contributed by atoms with E-state index < -0.39 is 0 Å². The Bertz CT molecular complexity index is 777. The first-order valence-electron chi connectivity index (χ1n) is 6.09. The van der Waals surface area contributed by atoms with E-state index in [-0.39, 0.29) is 11.6 Å². The molecule has 1 N–H and O–H groups in total. The van der Waals surface area contributed by atoms with Gasteiger partial charge in [-0.1, -0.05) is 0 Å². The van der Waals surface area contributed by atoms with Gasteiger partial charge in [0.25, 0.3) is 5.91 Å². The third-order valence-corrected chi connectivity index (χ3v) is 2.77. The van der Waals surface area contributed by atoms with Crippen LogP contribution in [0.5, 0.6) is 0 Å². The summed E-state index contributed by atoms with van der Waals surface area (Å²) in [5, 5.41) is 2.76. The number of carbonyl (C=O) groups is 1. The Morgan fingerprint density at radius 1 is 1.20 bits per heavy atom. The highest BCUT2D eigenvalue weighted by Crippen LogP contribution is 2.19. The van der Waals surface area contributed by atoms with Gasteiger partial charge in [-0.05, 0) is 25.1 Å². The maximum absolute atomic E-state index is 12.0. The monoisotopic (exact) mass is 268 g/mol. The van der Waals surface area contributed by atoms with Gasteiger partial charge in [-0.3, -0.25) is 9.78 Å². The molecule has 0 aliphatic carbocycles. The molecule has 0 aliphatic rings. The summed E-state index contributed by atoms with van der Waals surface area (Å²) in [4.78, 5) is 24.3. The number of carbonyl (C=O) groups excluding carboxylic acids is 1. The molecule has 0 saturated heterocycles. The summed E-state index contributed by atoms with van der Waals surface area (Å²) in [6, 6.07) is 5.28. The van der Waals surface area contributed by atoms with Gasteiger partial charge in [0.05, 0.1) is 11.9 Å². The third kappa shape index (κ3) is 2.35. The van der Waals surface area contributed by atoms with Gasteiger partial charge in [0.15, 0.2) is 11.5 Å².